The Morgan fingerprint density at radius 2 is 2.00 bits per heavy atom. The molecular weight excluding hydrogens is 163 g/mol. The summed E-state index contributed by atoms with van der Waals surface area (Å²) in [5, 5.41) is 9.17. The van der Waals surface area contributed by atoms with Crippen LogP contribution >= 0.6 is 7.68 Å². The quantitative estimate of drug-likeness (QED) is 0.649. The molecule has 0 bridgehead atoms. The number of para-hydroxylation sites is 1. The smallest absolute Gasteiger partial charge is 0.352 e. The fourth-order valence-corrected chi connectivity index (χ4v) is 1.35. The van der Waals surface area contributed by atoms with E-state index >= 15 is 0 Å². The number of benzene rings is 1. The van der Waals surface area contributed by atoms with Gasteiger partial charge >= 0.3 is 7.68 Å². The highest BCUT2D eigenvalue weighted by molar-refractivity contribution is 7.40. The fraction of sp³-hybridized carbons (Fsp3) is 0.143. The van der Waals surface area contributed by atoms with Crippen LogP contribution in [0.3, 0.4) is 0 Å². The third kappa shape index (κ3) is 1.49. The van der Waals surface area contributed by atoms with Crippen LogP contribution in [0.5, 0.6) is 5.75 Å². The summed E-state index contributed by atoms with van der Waals surface area (Å²) in [6.07, 6.45) is 0. The van der Waals surface area contributed by atoms with Crippen LogP contribution in [-0.4, -0.2) is 5.11 Å². The van der Waals surface area contributed by atoms with E-state index in [4.69, 9.17) is 0 Å². The summed E-state index contributed by atoms with van der Waals surface area (Å²) in [6.45, 7) is 1.65. The average molecular weight is 170 g/mol. The van der Waals surface area contributed by atoms with Crippen molar-refractivity contribution in [2.45, 2.75) is 6.92 Å². The number of phenols is 1. The van der Waals surface area contributed by atoms with Crippen LogP contribution in [0.2, 0.25) is 0 Å². The number of hydrogen-bond acceptors (Lipinski definition) is 3. The Hall–Kier alpha value is -1.08. The first-order valence-corrected chi connectivity index (χ1v) is 4.23. The maximum atomic E-state index is 10.5. The Kier molecular flexibility index (Phi) is 2.11. The van der Waals surface area contributed by atoms with Gasteiger partial charge in [0.1, 0.15) is 11.1 Å². The highest BCUT2D eigenvalue weighted by Gasteiger charge is 2.06. The van der Waals surface area contributed by atoms with Gasteiger partial charge in [-0.25, -0.2) is 9.13 Å². The van der Waals surface area contributed by atoms with Crippen LogP contribution in [0, 0.1) is 6.92 Å². The third-order valence-corrected chi connectivity index (χ3v) is 2.17. The van der Waals surface area contributed by atoms with Gasteiger partial charge in [-0.15, -0.1) is 0 Å². The summed E-state index contributed by atoms with van der Waals surface area (Å²) in [4.78, 5) is 0. The van der Waals surface area contributed by atoms with E-state index in [1.165, 1.54) is 6.07 Å². The molecule has 4 heteroatoms. The summed E-state index contributed by atoms with van der Waals surface area (Å²) in [6, 6.07) is 4.61. The topological polar surface area (TPSA) is 54.4 Å². The molecule has 0 saturated carbocycles. The van der Waals surface area contributed by atoms with E-state index in [-0.39, 0.29) is 11.1 Å². The molecule has 11 heavy (non-hydrogen) atoms. The second kappa shape index (κ2) is 2.89. The van der Waals surface area contributed by atoms with Gasteiger partial charge in [0.15, 0.2) is 0 Å². The van der Waals surface area contributed by atoms with Crippen LogP contribution in [0.1, 0.15) is 5.56 Å². The van der Waals surface area contributed by atoms with Crippen LogP contribution in [-0.2, 0) is 9.13 Å². The van der Waals surface area contributed by atoms with Gasteiger partial charge in [0.05, 0.1) is 0 Å². The van der Waals surface area contributed by atoms with Crippen molar-refractivity contribution in [3.8, 4) is 5.75 Å². The van der Waals surface area contributed by atoms with Crippen LogP contribution in [0.25, 0.3) is 0 Å². The van der Waals surface area contributed by atoms with Gasteiger partial charge in [0, 0.05) is 0 Å². The van der Waals surface area contributed by atoms with Gasteiger partial charge in [-0.3, -0.25) is 0 Å². The molecule has 0 amide bonds. The summed E-state index contributed by atoms with van der Waals surface area (Å²) in [5.41, 5.74) is 0.571. The van der Waals surface area contributed by atoms with E-state index in [1.807, 2.05) is 0 Å². The SMILES string of the molecule is Cc1cccc(P(=O)=O)c1O. The van der Waals surface area contributed by atoms with Crippen molar-refractivity contribution in [3.63, 3.8) is 0 Å². The molecule has 0 aliphatic carbocycles. The molecular formula is C7H7O3P. The zero-order valence-corrected chi connectivity index (χ0v) is 6.84. The van der Waals surface area contributed by atoms with Gasteiger partial charge in [-0.1, -0.05) is 12.1 Å². The van der Waals surface area contributed by atoms with Gasteiger partial charge in [0.2, 0.25) is 0 Å². The Bertz CT molecular complexity index is 334. The Morgan fingerprint density at radius 3 is 2.45 bits per heavy atom. The average Bonchev–Trinajstić information content (AvgIpc) is 1.94. The van der Waals surface area contributed by atoms with Crippen LogP contribution in [0.4, 0.5) is 0 Å². The molecule has 1 rings (SSSR count). The lowest BCUT2D eigenvalue weighted by atomic mass is 10.2. The number of rotatable bonds is 1. The lowest BCUT2D eigenvalue weighted by molar-refractivity contribution is 0.473. The van der Waals surface area contributed by atoms with E-state index in [2.05, 4.69) is 0 Å². The van der Waals surface area contributed by atoms with Gasteiger partial charge in [-0.2, -0.15) is 0 Å². The van der Waals surface area contributed by atoms with Gasteiger partial charge in [0.25, 0.3) is 0 Å². The molecule has 0 heterocycles. The monoisotopic (exact) mass is 170 g/mol. The molecule has 0 aliphatic heterocycles. The molecule has 58 valence electrons. The summed E-state index contributed by atoms with van der Waals surface area (Å²) < 4.78 is 20.9. The summed E-state index contributed by atoms with van der Waals surface area (Å²) >= 11 is 0. The van der Waals surface area contributed by atoms with Crippen molar-refractivity contribution in [2.24, 2.45) is 0 Å². The van der Waals surface area contributed by atoms with E-state index in [0.717, 1.165) is 0 Å². The maximum absolute atomic E-state index is 10.5. The van der Waals surface area contributed by atoms with Crippen molar-refractivity contribution in [2.75, 3.05) is 0 Å². The lowest BCUT2D eigenvalue weighted by Crippen LogP contribution is -1.94. The molecule has 1 aromatic rings. The minimum Gasteiger partial charge on any atom is -0.506 e. The molecule has 1 aromatic carbocycles. The number of phenolic OH excluding ortho intramolecular Hbond substituents is 1. The number of aryl methyl sites for hydroxylation is 1. The molecule has 0 aliphatic rings. The largest absolute Gasteiger partial charge is 0.506 e. The molecule has 0 atom stereocenters. The Labute approximate surface area is 64.5 Å². The predicted octanol–water partition coefficient (Wildman–Crippen LogP) is 1.50. The molecule has 3 nitrogen and oxygen atoms in total. The minimum atomic E-state index is -2.68. The summed E-state index contributed by atoms with van der Waals surface area (Å²) in [5.74, 6) is -0.149. The Balaban J connectivity index is 3.39. The highest BCUT2D eigenvalue weighted by atomic mass is 31.1. The van der Waals surface area contributed by atoms with Gasteiger partial charge < -0.3 is 5.11 Å². The minimum absolute atomic E-state index is 0.0139. The molecule has 0 fully saturated rings. The first kappa shape index (κ1) is 8.02. The van der Waals surface area contributed by atoms with E-state index < -0.39 is 7.68 Å². The zero-order valence-electron chi connectivity index (χ0n) is 5.94. The van der Waals surface area contributed by atoms with Crippen molar-refractivity contribution >= 4 is 13.0 Å². The van der Waals surface area contributed by atoms with E-state index in [1.54, 1.807) is 19.1 Å². The maximum Gasteiger partial charge on any atom is 0.352 e. The fourth-order valence-electron chi connectivity index (χ4n) is 0.791. The van der Waals surface area contributed by atoms with Crippen LogP contribution < -0.4 is 5.30 Å². The zero-order chi connectivity index (χ0) is 8.43. The molecule has 0 saturated heterocycles. The first-order valence-electron chi connectivity index (χ1n) is 3.06. The molecule has 1 N–H and O–H groups in total. The molecule has 0 aromatic heterocycles. The predicted molar refractivity (Wildman–Crippen MR) is 40.8 cm³/mol. The standard InChI is InChI=1S/C7H7O3P/c1-5-3-2-4-6(7(5)8)11(9)10/h2-4,8H,1H3. The lowest BCUT2D eigenvalue weighted by Gasteiger charge is -1.97. The number of hydrogen-bond donors (Lipinski definition) is 1. The van der Waals surface area contributed by atoms with E-state index in [0.29, 0.717) is 5.56 Å². The van der Waals surface area contributed by atoms with Gasteiger partial charge in [-0.05, 0) is 18.6 Å². The highest BCUT2D eigenvalue weighted by Crippen LogP contribution is 2.18. The molecule has 0 spiro atoms. The second-order valence-electron chi connectivity index (χ2n) is 2.20. The van der Waals surface area contributed by atoms with E-state index in [9.17, 15) is 14.2 Å². The second-order valence-corrected chi connectivity index (χ2v) is 3.20. The summed E-state index contributed by atoms with van der Waals surface area (Å²) in [7, 11) is -2.68. The Morgan fingerprint density at radius 1 is 1.36 bits per heavy atom. The van der Waals surface area contributed by atoms with Crippen molar-refractivity contribution < 1.29 is 14.2 Å². The first-order chi connectivity index (χ1) is 5.13. The van der Waals surface area contributed by atoms with Crippen molar-refractivity contribution in [1.29, 1.82) is 0 Å². The molecule has 0 unspecified atom stereocenters. The molecule has 0 radical (unpaired) electrons. The van der Waals surface area contributed by atoms with Crippen LogP contribution in [0.15, 0.2) is 18.2 Å². The van der Waals surface area contributed by atoms with Crippen molar-refractivity contribution in [1.82, 2.24) is 0 Å². The normalized spacial score (nSPS) is 9.55. The number of aromatic hydroxyl groups is 1. The third-order valence-electron chi connectivity index (χ3n) is 1.41. The van der Waals surface area contributed by atoms with Crippen molar-refractivity contribution in [3.05, 3.63) is 23.8 Å².